The summed E-state index contributed by atoms with van der Waals surface area (Å²) in [6, 6.07) is 0. The standard InChI is InChI=1S/C13H17ClN2O2/c1-7-13(14)10(16(2)15-7)6-11(17)9-5-8-3-4-12(9)18-8/h8-9,12H,3-6H2,1-2H3. The molecular weight excluding hydrogens is 252 g/mol. The summed E-state index contributed by atoms with van der Waals surface area (Å²) in [5.74, 6) is 0.308. The van der Waals surface area contributed by atoms with E-state index in [1.54, 1.807) is 4.68 Å². The van der Waals surface area contributed by atoms with Crippen LogP contribution in [0.2, 0.25) is 5.02 Å². The minimum Gasteiger partial charge on any atom is -0.374 e. The molecule has 0 radical (unpaired) electrons. The number of rotatable bonds is 3. The van der Waals surface area contributed by atoms with Crippen molar-refractivity contribution in [2.24, 2.45) is 13.0 Å². The first-order valence-corrected chi connectivity index (χ1v) is 6.80. The van der Waals surface area contributed by atoms with Gasteiger partial charge in [0.1, 0.15) is 5.78 Å². The predicted octanol–water partition coefficient (Wildman–Crippen LogP) is 2.06. The number of halogens is 1. The Bertz CT molecular complexity index is 497. The number of Topliss-reactive ketones (excluding diaryl/α,β-unsaturated/α-hetero) is 1. The number of ether oxygens (including phenoxy) is 1. The van der Waals surface area contributed by atoms with E-state index in [4.69, 9.17) is 16.3 Å². The van der Waals surface area contributed by atoms with Crippen LogP contribution < -0.4 is 0 Å². The van der Waals surface area contributed by atoms with Crippen molar-refractivity contribution in [3.05, 3.63) is 16.4 Å². The molecule has 18 heavy (non-hydrogen) atoms. The second-order valence-corrected chi connectivity index (χ2v) is 5.71. The van der Waals surface area contributed by atoms with Gasteiger partial charge < -0.3 is 4.74 Å². The van der Waals surface area contributed by atoms with E-state index < -0.39 is 0 Å². The van der Waals surface area contributed by atoms with Crippen LogP contribution in [0.1, 0.15) is 30.7 Å². The molecule has 1 aromatic heterocycles. The third kappa shape index (κ3) is 1.88. The van der Waals surface area contributed by atoms with E-state index in [2.05, 4.69) is 5.10 Å². The summed E-state index contributed by atoms with van der Waals surface area (Å²) >= 11 is 6.18. The van der Waals surface area contributed by atoms with Gasteiger partial charge in [-0.2, -0.15) is 5.10 Å². The zero-order valence-corrected chi connectivity index (χ0v) is 11.4. The van der Waals surface area contributed by atoms with Crippen LogP contribution in [0.4, 0.5) is 0 Å². The topological polar surface area (TPSA) is 44.1 Å². The van der Waals surface area contributed by atoms with Crippen LogP contribution in [-0.2, 0) is 23.0 Å². The summed E-state index contributed by atoms with van der Waals surface area (Å²) in [5, 5.41) is 4.86. The van der Waals surface area contributed by atoms with Crippen LogP contribution in [0.3, 0.4) is 0 Å². The van der Waals surface area contributed by atoms with E-state index in [1.807, 2.05) is 14.0 Å². The summed E-state index contributed by atoms with van der Waals surface area (Å²) in [6.45, 7) is 1.86. The Morgan fingerprint density at radius 2 is 2.33 bits per heavy atom. The minimum atomic E-state index is 0.0648. The maximum Gasteiger partial charge on any atom is 0.144 e. The van der Waals surface area contributed by atoms with Gasteiger partial charge in [-0.1, -0.05) is 11.6 Å². The molecule has 5 heteroatoms. The smallest absolute Gasteiger partial charge is 0.144 e. The first-order valence-electron chi connectivity index (χ1n) is 6.42. The van der Waals surface area contributed by atoms with Crippen LogP contribution >= 0.6 is 11.6 Å². The normalized spacial score (nSPS) is 30.1. The fourth-order valence-electron chi connectivity index (χ4n) is 3.14. The summed E-state index contributed by atoms with van der Waals surface area (Å²) in [4.78, 5) is 12.3. The number of carbonyl (C=O) groups excluding carboxylic acids is 1. The van der Waals surface area contributed by atoms with E-state index >= 15 is 0 Å². The number of hydrogen-bond acceptors (Lipinski definition) is 3. The summed E-state index contributed by atoms with van der Waals surface area (Å²) < 4.78 is 7.45. The lowest BCUT2D eigenvalue weighted by Gasteiger charge is -2.17. The van der Waals surface area contributed by atoms with Crippen molar-refractivity contribution in [1.82, 2.24) is 9.78 Å². The van der Waals surface area contributed by atoms with Crippen molar-refractivity contribution in [2.45, 2.75) is 44.8 Å². The molecular formula is C13H17ClN2O2. The molecule has 2 bridgehead atoms. The average Bonchev–Trinajstić information content (AvgIpc) is 3.00. The van der Waals surface area contributed by atoms with Crippen LogP contribution in [-0.4, -0.2) is 27.8 Å². The van der Waals surface area contributed by atoms with E-state index in [9.17, 15) is 4.79 Å². The van der Waals surface area contributed by atoms with Gasteiger partial charge in [-0.25, -0.2) is 0 Å². The van der Waals surface area contributed by atoms with Crippen molar-refractivity contribution >= 4 is 17.4 Å². The molecule has 3 heterocycles. The summed E-state index contributed by atoms with van der Waals surface area (Å²) in [6.07, 6.45) is 3.85. The molecule has 1 aromatic rings. The fraction of sp³-hybridized carbons (Fsp3) is 0.692. The maximum atomic E-state index is 12.3. The SMILES string of the molecule is Cc1nn(C)c(CC(=O)C2CC3CCC2O3)c1Cl. The number of fused-ring (bicyclic) bond motifs is 2. The Morgan fingerprint density at radius 3 is 2.83 bits per heavy atom. The number of aromatic nitrogens is 2. The van der Waals surface area contributed by atoms with Gasteiger partial charge in [-0.3, -0.25) is 9.48 Å². The lowest BCUT2D eigenvalue weighted by atomic mass is 9.85. The molecule has 3 unspecified atom stereocenters. The summed E-state index contributed by atoms with van der Waals surface area (Å²) in [5.41, 5.74) is 1.60. The lowest BCUT2D eigenvalue weighted by molar-refractivity contribution is -0.123. The number of hydrogen-bond donors (Lipinski definition) is 0. The number of carbonyl (C=O) groups is 1. The third-order valence-corrected chi connectivity index (χ3v) is 4.61. The highest BCUT2D eigenvalue weighted by atomic mass is 35.5. The van der Waals surface area contributed by atoms with Gasteiger partial charge in [0.25, 0.3) is 0 Å². The third-order valence-electron chi connectivity index (χ3n) is 4.12. The van der Waals surface area contributed by atoms with E-state index in [0.29, 0.717) is 17.5 Å². The van der Waals surface area contributed by atoms with Crippen LogP contribution in [0.25, 0.3) is 0 Å². The quantitative estimate of drug-likeness (QED) is 0.843. The second-order valence-electron chi connectivity index (χ2n) is 5.33. The fourth-order valence-corrected chi connectivity index (χ4v) is 3.37. The van der Waals surface area contributed by atoms with Crippen LogP contribution in [0.5, 0.6) is 0 Å². The predicted molar refractivity (Wildman–Crippen MR) is 67.7 cm³/mol. The van der Waals surface area contributed by atoms with Gasteiger partial charge >= 0.3 is 0 Å². The Kier molecular flexibility index (Phi) is 2.94. The summed E-state index contributed by atoms with van der Waals surface area (Å²) in [7, 11) is 1.83. The molecule has 0 spiro atoms. The van der Waals surface area contributed by atoms with E-state index in [0.717, 1.165) is 30.7 Å². The monoisotopic (exact) mass is 268 g/mol. The highest BCUT2D eigenvalue weighted by Crippen LogP contribution is 2.39. The molecule has 2 saturated heterocycles. The molecule has 3 rings (SSSR count). The largest absolute Gasteiger partial charge is 0.374 e. The molecule has 0 saturated carbocycles. The highest BCUT2D eigenvalue weighted by molar-refractivity contribution is 6.32. The second kappa shape index (κ2) is 4.35. The van der Waals surface area contributed by atoms with Gasteiger partial charge in [0.15, 0.2) is 0 Å². The molecule has 0 N–H and O–H groups in total. The zero-order chi connectivity index (χ0) is 12.9. The molecule has 2 aliphatic heterocycles. The average molecular weight is 269 g/mol. The van der Waals surface area contributed by atoms with Crippen LogP contribution in [0.15, 0.2) is 0 Å². The molecule has 4 nitrogen and oxygen atoms in total. The van der Waals surface area contributed by atoms with Gasteiger partial charge in [0.2, 0.25) is 0 Å². The first-order chi connectivity index (χ1) is 8.56. The van der Waals surface area contributed by atoms with Crippen molar-refractivity contribution < 1.29 is 9.53 Å². The van der Waals surface area contributed by atoms with E-state index in [-0.39, 0.29) is 17.8 Å². The van der Waals surface area contributed by atoms with Crippen molar-refractivity contribution in [3.63, 3.8) is 0 Å². The van der Waals surface area contributed by atoms with Gasteiger partial charge in [0, 0.05) is 13.0 Å². The number of aryl methyl sites for hydroxylation is 2. The Labute approximate surface area is 111 Å². The van der Waals surface area contributed by atoms with E-state index in [1.165, 1.54) is 0 Å². The van der Waals surface area contributed by atoms with Gasteiger partial charge in [-0.15, -0.1) is 0 Å². The Balaban J connectivity index is 1.75. The molecule has 0 aliphatic carbocycles. The molecule has 0 aromatic carbocycles. The van der Waals surface area contributed by atoms with Crippen LogP contribution in [0, 0.1) is 12.8 Å². The zero-order valence-electron chi connectivity index (χ0n) is 10.6. The van der Waals surface area contributed by atoms with Crippen molar-refractivity contribution in [2.75, 3.05) is 0 Å². The molecule has 0 amide bonds. The lowest BCUT2D eigenvalue weighted by Crippen LogP contribution is -2.27. The minimum absolute atomic E-state index is 0.0648. The Morgan fingerprint density at radius 1 is 1.56 bits per heavy atom. The maximum absolute atomic E-state index is 12.3. The van der Waals surface area contributed by atoms with Gasteiger partial charge in [0.05, 0.1) is 35.0 Å². The first kappa shape index (κ1) is 12.2. The van der Waals surface area contributed by atoms with Gasteiger partial charge in [-0.05, 0) is 26.2 Å². The molecule has 98 valence electrons. The molecule has 2 fully saturated rings. The van der Waals surface area contributed by atoms with Crippen molar-refractivity contribution in [3.8, 4) is 0 Å². The molecule has 3 atom stereocenters. The molecule has 2 aliphatic rings. The number of ketones is 1. The number of nitrogens with zero attached hydrogens (tertiary/aromatic N) is 2. The highest BCUT2D eigenvalue weighted by Gasteiger charge is 2.44. The van der Waals surface area contributed by atoms with Crippen molar-refractivity contribution in [1.29, 1.82) is 0 Å². The Hall–Kier alpha value is -0.870.